The van der Waals surface area contributed by atoms with Crippen LogP contribution in [0.25, 0.3) is 0 Å². The summed E-state index contributed by atoms with van der Waals surface area (Å²) in [6, 6.07) is 27.8. The summed E-state index contributed by atoms with van der Waals surface area (Å²) in [5.74, 6) is -1.37. The predicted octanol–water partition coefficient (Wildman–Crippen LogP) is 6.38. The first-order valence-corrected chi connectivity index (χ1v) is 13.8. The molecule has 42 heavy (non-hydrogen) atoms. The van der Waals surface area contributed by atoms with Gasteiger partial charge in [-0.3, -0.25) is 9.59 Å². The molecule has 0 spiro atoms. The first-order valence-electron chi connectivity index (χ1n) is 13.8. The van der Waals surface area contributed by atoms with E-state index in [1.165, 1.54) is 11.0 Å². The third-order valence-corrected chi connectivity index (χ3v) is 6.69. The molecule has 0 aliphatic carbocycles. The van der Waals surface area contributed by atoms with E-state index in [0.717, 1.165) is 5.56 Å². The highest BCUT2D eigenvalue weighted by Crippen LogP contribution is 2.23. The molecule has 0 radical (unpaired) electrons. The number of para-hydroxylation sites is 2. The van der Waals surface area contributed by atoms with Crippen LogP contribution in [-0.2, 0) is 16.0 Å². The van der Waals surface area contributed by atoms with Gasteiger partial charge in [0.15, 0.2) is 5.78 Å². The first-order chi connectivity index (χ1) is 20.4. The fraction of sp³-hybridized carbons (Fsp3) is 0.206. The van der Waals surface area contributed by atoms with Crippen LogP contribution < -0.4 is 15.0 Å². The minimum Gasteiger partial charge on any atom is -0.492 e. The van der Waals surface area contributed by atoms with Gasteiger partial charge in [0, 0.05) is 29.7 Å². The number of aliphatic carboxylic acids is 1. The highest BCUT2D eigenvalue weighted by Gasteiger charge is 2.22. The van der Waals surface area contributed by atoms with E-state index in [9.17, 15) is 23.9 Å². The van der Waals surface area contributed by atoms with E-state index < -0.39 is 17.8 Å². The third-order valence-electron chi connectivity index (χ3n) is 6.69. The molecule has 0 saturated heterocycles. The second-order valence-electron chi connectivity index (χ2n) is 9.72. The van der Waals surface area contributed by atoms with E-state index >= 15 is 0 Å². The Bertz CT molecular complexity index is 1510. The molecular formula is C34H33FN2O5. The summed E-state index contributed by atoms with van der Waals surface area (Å²) in [6.45, 7) is 2.21. The van der Waals surface area contributed by atoms with Gasteiger partial charge in [-0.1, -0.05) is 73.7 Å². The number of ether oxygens (including phenoxy) is 1. The molecule has 0 unspecified atom stereocenters. The summed E-state index contributed by atoms with van der Waals surface area (Å²) in [5, 5.41) is 13.0. The number of carbonyl (C=O) groups excluding carboxylic acids is 2. The van der Waals surface area contributed by atoms with Crippen LogP contribution in [0.4, 0.5) is 15.8 Å². The topological polar surface area (TPSA) is 95.9 Å². The zero-order valence-electron chi connectivity index (χ0n) is 23.3. The molecule has 4 aromatic rings. The van der Waals surface area contributed by atoms with Gasteiger partial charge in [0.05, 0.1) is 12.2 Å². The van der Waals surface area contributed by atoms with Gasteiger partial charge in [0.1, 0.15) is 24.2 Å². The molecule has 0 saturated carbocycles. The number of hydrogen-bond acceptors (Lipinski definition) is 5. The maximum absolute atomic E-state index is 14.4. The Kier molecular flexibility index (Phi) is 10.4. The number of carbonyl (C=O) groups is 3. The Hall–Kier alpha value is -4.98. The lowest BCUT2D eigenvalue weighted by molar-refractivity contribution is -0.137. The second kappa shape index (κ2) is 14.6. The molecule has 4 aromatic carbocycles. The zero-order valence-corrected chi connectivity index (χ0v) is 23.3. The van der Waals surface area contributed by atoms with Crippen LogP contribution in [0, 0.1) is 5.82 Å². The van der Waals surface area contributed by atoms with Crippen molar-refractivity contribution in [2.45, 2.75) is 32.2 Å². The Balaban J connectivity index is 1.39. The lowest BCUT2D eigenvalue weighted by atomic mass is 10.00. The van der Waals surface area contributed by atoms with Crippen LogP contribution >= 0.6 is 0 Å². The number of nitrogens with one attached hydrogen (secondary N) is 1. The molecule has 216 valence electrons. The number of hydrogen-bond donors (Lipinski definition) is 2. The number of rotatable bonds is 14. The SMILES string of the molecule is CCCC(=O)N(CCOc1ccc(C[C@H](Nc2ccccc2C(=O)c2ccccc2)C(=O)O)cc1)c1ccccc1F. The molecule has 0 aliphatic rings. The van der Waals surface area contributed by atoms with E-state index in [2.05, 4.69) is 5.32 Å². The fourth-order valence-electron chi connectivity index (χ4n) is 4.55. The molecule has 0 aromatic heterocycles. The standard InChI is InChI=1S/C34H33FN2O5/c1-2-10-32(38)37(31-16-9-7-14-28(31)35)21-22-42-26-19-17-24(18-20-26)23-30(34(40)41)36-29-15-8-6-13-27(29)33(39)25-11-4-3-5-12-25/h3-9,11-20,30,36H,2,10,21-23H2,1H3,(H,40,41)/t30-/m0/s1. The van der Waals surface area contributed by atoms with Crippen LogP contribution in [0.1, 0.15) is 41.3 Å². The number of nitrogens with zero attached hydrogens (tertiary/aromatic N) is 1. The van der Waals surface area contributed by atoms with Crippen molar-refractivity contribution < 1.29 is 28.6 Å². The monoisotopic (exact) mass is 568 g/mol. The largest absolute Gasteiger partial charge is 0.492 e. The van der Waals surface area contributed by atoms with Crippen molar-refractivity contribution in [1.29, 1.82) is 0 Å². The minimum absolute atomic E-state index is 0.147. The number of halogens is 1. The fourth-order valence-corrected chi connectivity index (χ4v) is 4.55. The number of anilines is 2. The summed E-state index contributed by atoms with van der Waals surface area (Å²) in [7, 11) is 0. The molecule has 2 N–H and O–H groups in total. The molecule has 1 amide bonds. The van der Waals surface area contributed by atoms with Gasteiger partial charge in [-0.05, 0) is 48.4 Å². The Morgan fingerprint density at radius 1 is 0.881 bits per heavy atom. The van der Waals surface area contributed by atoms with E-state index in [-0.39, 0.29) is 37.0 Å². The van der Waals surface area contributed by atoms with Crippen LogP contribution in [0.2, 0.25) is 0 Å². The highest BCUT2D eigenvalue weighted by atomic mass is 19.1. The number of benzene rings is 4. The van der Waals surface area contributed by atoms with E-state index in [1.807, 2.05) is 13.0 Å². The van der Waals surface area contributed by atoms with Crippen molar-refractivity contribution in [1.82, 2.24) is 0 Å². The summed E-state index contributed by atoms with van der Waals surface area (Å²) in [4.78, 5) is 39.2. The number of carboxylic acids is 1. The molecule has 0 fully saturated rings. The van der Waals surface area contributed by atoms with Crippen LogP contribution in [0.15, 0.2) is 103 Å². The molecule has 0 bridgehead atoms. The van der Waals surface area contributed by atoms with Crippen LogP contribution in [0.5, 0.6) is 5.75 Å². The average molecular weight is 569 g/mol. The van der Waals surface area contributed by atoms with Crippen molar-refractivity contribution in [2.24, 2.45) is 0 Å². The van der Waals surface area contributed by atoms with Gasteiger partial charge in [0.25, 0.3) is 0 Å². The van der Waals surface area contributed by atoms with Crippen molar-refractivity contribution in [2.75, 3.05) is 23.4 Å². The van der Waals surface area contributed by atoms with Crippen molar-refractivity contribution in [3.05, 3.63) is 126 Å². The second-order valence-corrected chi connectivity index (χ2v) is 9.72. The van der Waals surface area contributed by atoms with E-state index in [4.69, 9.17) is 4.74 Å². The number of carboxylic acid groups (broad SMARTS) is 1. The predicted molar refractivity (Wildman–Crippen MR) is 161 cm³/mol. The molecule has 7 nitrogen and oxygen atoms in total. The van der Waals surface area contributed by atoms with Crippen molar-refractivity contribution >= 4 is 29.0 Å². The van der Waals surface area contributed by atoms with Crippen molar-refractivity contribution in [3.63, 3.8) is 0 Å². The zero-order chi connectivity index (χ0) is 29.9. The summed E-state index contributed by atoms with van der Waals surface area (Å²) >= 11 is 0. The third kappa shape index (κ3) is 7.81. The Morgan fingerprint density at radius 2 is 1.55 bits per heavy atom. The highest BCUT2D eigenvalue weighted by molar-refractivity contribution is 6.12. The normalized spacial score (nSPS) is 11.4. The average Bonchev–Trinajstić information content (AvgIpc) is 3.00. The van der Waals surface area contributed by atoms with Gasteiger partial charge in [-0.2, -0.15) is 0 Å². The minimum atomic E-state index is -1.05. The Labute approximate surface area is 244 Å². The van der Waals surface area contributed by atoms with Crippen LogP contribution in [0.3, 0.4) is 0 Å². The lowest BCUT2D eigenvalue weighted by Crippen LogP contribution is -2.35. The van der Waals surface area contributed by atoms with E-state index in [0.29, 0.717) is 35.4 Å². The maximum atomic E-state index is 14.4. The number of amides is 1. The van der Waals surface area contributed by atoms with Gasteiger partial charge >= 0.3 is 5.97 Å². The molecule has 4 rings (SSSR count). The summed E-state index contributed by atoms with van der Waals surface area (Å²) in [5.41, 5.74) is 2.31. The quantitative estimate of drug-likeness (QED) is 0.172. The number of ketones is 1. The van der Waals surface area contributed by atoms with Crippen molar-refractivity contribution in [3.8, 4) is 5.75 Å². The first kappa shape index (κ1) is 30.0. The van der Waals surface area contributed by atoms with Gasteiger partial charge in [-0.15, -0.1) is 0 Å². The van der Waals surface area contributed by atoms with Gasteiger partial charge in [0.2, 0.25) is 5.91 Å². The molecule has 0 heterocycles. The summed E-state index contributed by atoms with van der Waals surface area (Å²) in [6.07, 6.45) is 1.11. The van der Waals surface area contributed by atoms with Gasteiger partial charge in [-0.25, -0.2) is 9.18 Å². The van der Waals surface area contributed by atoms with Gasteiger partial charge < -0.3 is 20.1 Å². The Morgan fingerprint density at radius 3 is 2.24 bits per heavy atom. The summed E-state index contributed by atoms with van der Waals surface area (Å²) < 4.78 is 20.2. The lowest BCUT2D eigenvalue weighted by Gasteiger charge is -2.23. The molecule has 8 heteroatoms. The maximum Gasteiger partial charge on any atom is 0.326 e. The molecular weight excluding hydrogens is 535 g/mol. The smallest absolute Gasteiger partial charge is 0.326 e. The molecule has 0 aliphatic heterocycles. The van der Waals surface area contributed by atoms with Crippen LogP contribution in [-0.4, -0.2) is 42.0 Å². The molecule has 1 atom stereocenters. The van der Waals surface area contributed by atoms with E-state index in [1.54, 1.807) is 91.0 Å².